The molecule has 3 aromatic rings. The standard InChI is InChI=1S/C24H29N3O5S/c1-3-26(19-10-8-9-18(2)15-19)23(28)17-27-21-12-11-20(16-22(21)32-24(27)29)33(30,31)25-13-6-4-5-7-14-25/h8-12,15-16H,3-7,13-14,17H2,1-2H3. The highest BCUT2D eigenvalue weighted by molar-refractivity contribution is 7.89. The predicted octanol–water partition coefficient (Wildman–Crippen LogP) is 3.52. The molecule has 0 radical (unpaired) electrons. The summed E-state index contributed by atoms with van der Waals surface area (Å²) in [5.41, 5.74) is 2.34. The van der Waals surface area contributed by atoms with Crippen LogP contribution in [-0.4, -0.2) is 42.8 Å². The number of carbonyl (C=O) groups excluding carboxylic acids is 1. The summed E-state index contributed by atoms with van der Waals surface area (Å²) in [6.45, 7) is 5.05. The van der Waals surface area contributed by atoms with Gasteiger partial charge in [0.15, 0.2) is 5.58 Å². The van der Waals surface area contributed by atoms with Crippen molar-refractivity contribution < 1.29 is 17.6 Å². The number of aromatic nitrogens is 1. The monoisotopic (exact) mass is 471 g/mol. The van der Waals surface area contributed by atoms with Crippen LogP contribution in [0.15, 0.2) is 56.6 Å². The van der Waals surface area contributed by atoms with Gasteiger partial charge in [0.2, 0.25) is 15.9 Å². The van der Waals surface area contributed by atoms with E-state index in [-0.39, 0.29) is 22.9 Å². The van der Waals surface area contributed by atoms with Crippen LogP contribution in [0.2, 0.25) is 0 Å². The van der Waals surface area contributed by atoms with Crippen LogP contribution in [0.1, 0.15) is 38.2 Å². The van der Waals surface area contributed by atoms with Crippen LogP contribution in [0.5, 0.6) is 0 Å². The molecule has 0 N–H and O–H groups in total. The van der Waals surface area contributed by atoms with E-state index in [1.165, 1.54) is 21.0 Å². The van der Waals surface area contributed by atoms with E-state index in [0.717, 1.165) is 36.9 Å². The lowest BCUT2D eigenvalue weighted by Crippen LogP contribution is -2.35. The van der Waals surface area contributed by atoms with Crippen molar-refractivity contribution in [2.24, 2.45) is 0 Å². The highest BCUT2D eigenvalue weighted by Gasteiger charge is 2.26. The fraction of sp³-hybridized carbons (Fsp3) is 0.417. The van der Waals surface area contributed by atoms with Gasteiger partial charge in [0.1, 0.15) is 6.54 Å². The zero-order valence-corrected chi connectivity index (χ0v) is 19.8. The molecule has 1 aromatic heterocycles. The normalized spacial score (nSPS) is 15.5. The van der Waals surface area contributed by atoms with Crippen molar-refractivity contribution in [3.63, 3.8) is 0 Å². The van der Waals surface area contributed by atoms with Gasteiger partial charge in [-0.2, -0.15) is 4.31 Å². The first-order chi connectivity index (χ1) is 15.8. The van der Waals surface area contributed by atoms with Gasteiger partial charge in [-0.1, -0.05) is 25.0 Å². The van der Waals surface area contributed by atoms with E-state index in [1.807, 2.05) is 38.1 Å². The third-order valence-electron chi connectivity index (χ3n) is 6.07. The van der Waals surface area contributed by atoms with Gasteiger partial charge in [-0.05, 0) is 56.5 Å². The lowest BCUT2D eigenvalue weighted by Gasteiger charge is -2.21. The van der Waals surface area contributed by atoms with Gasteiger partial charge in [-0.3, -0.25) is 9.36 Å². The molecule has 1 aliphatic rings. The van der Waals surface area contributed by atoms with Crippen molar-refractivity contribution in [3.8, 4) is 0 Å². The number of oxazole rings is 1. The van der Waals surface area contributed by atoms with Crippen LogP contribution in [0.3, 0.4) is 0 Å². The minimum Gasteiger partial charge on any atom is -0.408 e. The largest absolute Gasteiger partial charge is 0.420 e. The molecule has 0 atom stereocenters. The van der Waals surface area contributed by atoms with Gasteiger partial charge in [-0.15, -0.1) is 0 Å². The summed E-state index contributed by atoms with van der Waals surface area (Å²) >= 11 is 0. The van der Waals surface area contributed by atoms with Gasteiger partial charge in [-0.25, -0.2) is 13.2 Å². The number of fused-ring (bicyclic) bond motifs is 1. The molecule has 0 aliphatic carbocycles. The minimum atomic E-state index is -3.67. The van der Waals surface area contributed by atoms with Crippen LogP contribution >= 0.6 is 0 Å². The predicted molar refractivity (Wildman–Crippen MR) is 127 cm³/mol. The number of hydrogen-bond donors (Lipinski definition) is 0. The number of anilines is 1. The van der Waals surface area contributed by atoms with Crippen molar-refractivity contribution in [1.29, 1.82) is 0 Å². The summed E-state index contributed by atoms with van der Waals surface area (Å²) < 4.78 is 34.3. The average Bonchev–Trinajstić information content (AvgIpc) is 2.96. The smallest absolute Gasteiger partial charge is 0.408 e. The second-order valence-electron chi connectivity index (χ2n) is 8.38. The number of nitrogens with zero attached hydrogens (tertiary/aromatic N) is 3. The number of benzene rings is 2. The Labute approximate surface area is 193 Å². The highest BCUT2D eigenvalue weighted by Crippen LogP contribution is 2.24. The maximum absolute atomic E-state index is 13.1. The summed E-state index contributed by atoms with van der Waals surface area (Å²) in [6, 6.07) is 12.0. The summed E-state index contributed by atoms with van der Waals surface area (Å²) in [5, 5.41) is 0. The van der Waals surface area contributed by atoms with Crippen molar-refractivity contribution in [2.75, 3.05) is 24.5 Å². The molecule has 0 saturated carbocycles. The maximum atomic E-state index is 13.1. The van der Waals surface area contributed by atoms with Gasteiger partial charge in [0.25, 0.3) is 0 Å². The molecule has 0 bridgehead atoms. The number of likely N-dealkylation sites (N-methyl/N-ethyl adjacent to an activating group) is 1. The van der Waals surface area contributed by atoms with Crippen molar-refractivity contribution in [3.05, 3.63) is 58.6 Å². The average molecular weight is 472 g/mol. The molecule has 1 aliphatic heterocycles. The van der Waals surface area contributed by atoms with Crippen molar-refractivity contribution in [1.82, 2.24) is 8.87 Å². The highest BCUT2D eigenvalue weighted by atomic mass is 32.2. The second-order valence-corrected chi connectivity index (χ2v) is 10.3. The first-order valence-electron chi connectivity index (χ1n) is 11.3. The molecular weight excluding hydrogens is 442 g/mol. The van der Waals surface area contributed by atoms with E-state index < -0.39 is 15.8 Å². The van der Waals surface area contributed by atoms with Crippen LogP contribution in [0.4, 0.5) is 5.69 Å². The first-order valence-corrected chi connectivity index (χ1v) is 12.8. The van der Waals surface area contributed by atoms with E-state index >= 15 is 0 Å². The van der Waals surface area contributed by atoms with Crippen LogP contribution < -0.4 is 10.7 Å². The molecule has 0 unspecified atom stereocenters. The molecule has 1 amide bonds. The molecule has 1 fully saturated rings. The molecule has 2 aromatic carbocycles. The van der Waals surface area contributed by atoms with Crippen LogP contribution in [-0.2, 0) is 21.4 Å². The number of carbonyl (C=O) groups is 1. The Kier molecular flexibility index (Phi) is 6.71. The fourth-order valence-electron chi connectivity index (χ4n) is 4.31. The summed E-state index contributed by atoms with van der Waals surface area (Å²) in [5.74, 6) is -0.947. The molecule has 1 saturated heterocycles. The summed E-state index contributed by atoms with van der Waals surface area (Å²) in [4.78, 5) is 27.3. The Morgan fingerprint density at radius 2 is 1.79 bits per heavy atom. The Bertz CT molecular complexity index is 1320. The number of rotatable bonds is 6. The Morgan fingerprint density at radius 1 is 1.06 bits per heavy atom. The van der Waals surface area contributed by atoms with Gasteiger partial charge >= 0.3 is 5.76 Å². The molecule has 8 nitrogen and oxygen atoms in total. The van der Waals surface area contributed by atoms with Gasteiger partial charge in [0, 0.05) is 31.4 Å². The number of aryl methyl sites for hydroxylation is 1. The molecule has 176 valence electrons. The molecule has 4 rings (SSSR count). The zero-order chi connectivity index (χ0) is 23.6. The van der Waals surface area contributed by atoms with Gasteiger partial charge in [0.05, 0.1) is 10.4 Å². The van der Waals surface area contributed by atoms with Gasteiger partial charge < -0.3 is 9.32 Å². The summed E-state index contributed by atoms with van der Waals surface area (Å²) in [7, 11) is -3.67. The molecular formula is C24H29N3O5S. The molecule has 9 heteroatoms. The van der Waals surface area contributed by atoms with E-state index in [9.17, 15) is 18.0 Å². The number of hydrogen-bond acceptors (Lipinski definition) is 5. The molecule has 2 heterocycles. The third-order valence-corrected chi connectivity index (χ3v) is 7.96. The number of sulfonamides is 1. The van der Waals surface area contributed by atoms with Crippen LogP contribution in [0, 0.1) is 6.92 Å². The zero-order valence-electron chi connectivity index (χ0n) is 19.0. The lowest BCUT2D eigenvalue weighted by atomic mass is 10.2. The third kappa shape index (κ3) is 4.74. The summed E-state index contributed by atoms with van der Waals surface area (Å²) in [6.07, 6.45) is 3.72. The van der Waals surface area contributed by atoms with E-state index in [2.05, 4.69) is 0 Å². The maximum Gasteiger partial charge on any atom is 0.420 e. The Balaban J connectivity index is 1.63. The minimum absolute atomic E-state index is 0.0964. The lowest BCUT2D eigenvalue weighted by molar-refractivity contribution is -0.119. The Hall–Kier alpha value is -2.91. The molecule has 33 heavy (non-hydrogen) atoms. The second kappa shape index (κ2) is 9.52. The Morgan fingerprint density at radius 3 is 2.45 bits per heavy atom. The van der Waals surface area contributed by atoms with Crippen molar-refractivity contribution in [2.45, 2.75) is 51.0 Å². The quantitative estimate of drug-likeness (QED) is 0.548. The van der Waals surface area contributed by atoms with E-state index in [0.29, 0.717) is 25.2 Å². The van der Waals surface area contributed by atoms with E-state index in [1.54, 1.807) is 11.0 Å². The SMILES string of the molecule is CCN(C(=O)Cn1c(=O)oc2cc(S(=O)(=O)N3CCCCCC3)ccc21)c1cccc(C)c1. The molecule has 0 spiro atoms. The van der Waals surface area contributed by atoms with Crippen molar-refractivity contribution >= 4 is 32.7 Å². The first kappa shape index (κ1) is 23.3. The fourth-order valence-corrected chi connectivity index (χ4v) is 5.84. The van der Waals surface area contributed by atoms with Crippen LogP contribution in [0.25, 0.3) is 11.1 Å². The van der Waals surface area contributed by atoms with E-state index in [4.69, 9.17) is 4.42 Å². The topological polar surface area (TPSA) is 92.8 Å². The number of amides is 1.